The van der Waals surface area contributed by atoms with Crippen LogP contribution in [0.1, 0.15) is 35.5 Å². The number of nitrogens with zero attached hydrogens (tertiary/aromatic N) is 2. The number of carbonyl (C=O) groups excluding carboxylic acids is 1. The predicted molar refractivity (Wildman–Crippen MR) is 131 cm³/mol. The van der Waals surface area contributed by atoms with Gasteiger partial charge in [0.1, 0.15) is 18.0 Å². The number of hydrogen-bond acceptors (Lipinski definition) is 5. The van der Waals surface area contributed by atoms with Crippen LogP contribution in [-0.2, 0) is 16.6 Å². The van der Waals surface area contributed by atoms with E-state index in [1.165, 1.54) is 12.1 Å². The van der Waals surface area contributed by atoms with Crippen molar-refractivity contribution in [3.05, 3.63) is 89.9 Å². The normalized spacial score (nSPS) is 11.6. The standard InChI is InChI=1S/C25H26N4O4S/c1-17(2)28-34(31,32)21-12-10-19(11-13-21)27-25(30)22-8-4-5-9-23(22)33-16-20-15-29-14-6-7-18(3)24(29)26-20/h4-15,17,28H,16H2,1-3H3,(H,27,30). The molecule has 4 aromatic rings. The molecule has 0 unspecified atom stereocenters. The van der Waals surface area contributed by atoms with Crippen molar-refractivity contribution < 1.29 is 17.9 Å². The lowest BCUT2D eigenvalue weighted by molar-refractivity contribution is 0.102. The van der Waals surface area contributed by atoms with Gasteiger partial charge in [-0.15, -0.1) is 0 Å². The number of carbonyl (C=O) groups is 1. The molecule has 0 aliphatic carbocycles. The number of aromatic nitrogens is 2. The molecule has 8 nitrogen and oxygen atoms in total. The summed E-state index contributed by atoms with van der Waals surface area (Å²) in [7, 11) is -3.60. The molecule has 0 fully saturated rings. The van der Waals surface area contributed by atoms with E-state index in [0.29, 0.717) is 17.0 Å². The second-order valence-electron chi connectivity index (χ2n) is 8.19. The van der Waals surface area contributed by atoms with Crippen molar-refractivity contribution in [2.75, 3.05) is 5.32 Å². The van der Waals surface area contributed by atoms with Gasteiger partial charge in [0, 0.05) is 24.1 Å². The third-order valence-corrected chi connectivity index (χ3v) is 6.72. The van der Waals surface area contributed by atoms with Crippen LogP contribution in [0.5, 0.6) is 5.75 Å². The maximum Gasteiger partial charge on any atom is 0.259 e. The first-order chi connectivity index (χ1) is 16.2. The molecule has 2 aromatic heterocycles. The highest BCUT2D eigenvalue weighted by atomic mass is 32.2. The maximum atomic E-state index is 12.9. The Labute approximate surface area is 198 Å². The Balaban J connectivity index is 1.46. The van der Waals surface area contributed by atoms with Gasteiger partial charge in [0.15, 0.2) is 0 Å². The quantitative estimate of drug-likeness (QED) is 0.396. The smallest absolute Gasteiger partial charge is 0.259 e. The zero-order valence-electron chi connectivity index (χ0n) is 19.1. The number of ether oxygens (including phenoxy) is 1. The maximum absolute atomic E-state index is 12.9. The number of para-hydroxylation sites is 1. The summed E-state index contributed by atoms with van der Waals surface area (Å²) < 4.78 is 35.0. The molecule has 9 heteroatoms. The lowest BCUT2D eigenvalue weighted by Crippen LogP contribution is -2.30. The molecule has 0 atom stereocenters. The predicted octanol–water partition coefficient (Wildman–Crippen LogP) is 4.16. The average molecular weight is 479 g/mol. The van der Waals surface area contributed by atoms with Gasteiger partial charge in [0.25, 0.3) is 5.91 Å². The number of aryl methyl sites for hydroxylation is 1. The second-order valence-corrected chi connectivity index (χ2v) is 9.91. The van der Waals surface area contributed by atoms with E-state index in [0.717, 1.165) is 16.9 Å². The molecule has 0 radical (unpaired) electrons. The Bertz CT molecular complexity index is 1430. The molecule has 0 spiro atoms. The number of sulfonamides is 1. The van der Waals surface area contributed by atoms with Crippen molar-refractivity contribution in [2.24, 2.45) is 0 Å². The molecule has 2 N–H and O–H groups in total. The molecule has 0 aliphatic rings. The Hall–Kier alpha value is -3.69. The summed E-state index contributed by atoms with van der Waals surface area (Å²) >= 11 is 0. The lowest BCUT2D eigenvalue weighted by atomic mass is 10.2. The Morgan fingerprint density at radius 1 is 1.06 bits per heavy atom. The van der Waals surface area contributed by atoms with Crippen LogP contribution in [0.3, 0.4) is 0 Å². The second kappa shape index (κ2) is 9.66. The SMILES string of the molecule is Cc1cccn2cc(COc3ccccc3C(=O)Nc3ccc(S(=O)(=O)NC(C)C)cc3)nc12. The molecule has 2 heterocycles. The minimum atomic E-state index is -3.60. The Morgan fingerprint density at radius 3 is 2.50 bits per heavy atom. The highest BCUT2D eigenvalue weighted by molar-refractivity contribution is 7.89. The van der Waals surface area contributed by atoms with Gasteiger partial charge < -0.3 is 14.5 Å². The van der Waals surface area contributed by atoms with E-state index >= 15 is 0 Å². The molecule has 1 amide bonds. The number of fused-ring (bicyclic) bond motifs is 1. The first-order valence-corrected chi connectivity index (χ1v) is 12.3. The number of benzene rings is 2. The van der Waals surface area contributed by atoms with Gasteiger partial charge in [0.2, 0.25) is 10.0 Å². The van der Waals surface area contributed by atoms with Crippen molar-refractivity contribution in [2.45, 2.75) is 38.3 Å². The van der Waals surface area contributed by atoms with E-state index in [-0.39, 0.29) is 23.5 Å². The minimum absolute atomic E-state index is 0.130. The summed E-state index contributed by atoms with van der Waals surface area (Å²) in [4.78, 5) is 17.6. The van der Waals surface area contributed by atoms with E-state index in [2.05, 4.69) is 15.0 Å². The van der Waals surface area contributed by atoms with Gasteiger partial charge in [-0.3, -0.25) is 4.79 Å². The minimum Gasteiger partial charge on any atom is -0.486 e. The molecule has 176 valence electrons. The lowest BCUT2D eigenvalue weighted by Gasteiger charge is -2.12. The van der Waals surface area contributed by atoms with Crippen molar-refractivity contribution >= 4 is 27.3 Å². The topological polar surface area (TPSA) is 102 Å². The largest absolute Gasteiger partial charge is 0.486 e. The summed E-state index contributed by atoms with van der Waals surface area (Å²) in [5, 5.41) is 2.79. The summed E-state index contributed by atoms with van der Waals surface area (Å²) in [6.07, 6.45) is 3.82. The van der Waals surface area contributed by atoms with E-state index in [1.54, 1.807) is 50.2 Å². The molecule has 4 rings (SSSR count). The summed E-state index contributed by atoms with van der Waals surface area (Å²) in [5.41, 5.74) is 3.50. The van der Waals surface area contributed by atoms with Gasteiger partial charge in [-0.05, 0) is 68.8 Å². The Morgan fingerprint density at radius 2 is 1.79 bits per heavy atom. The number of pyridine rings is 1. The molecule has 34 heavy (non-hydrogen) atoms. The number of rotatable bonds is 8. The Kier molecular flexibility index (Phi) is 6.67. The van der Waals surface area contributed by atoms with Crippen molar-refractivity contribution in [3.63, 3.8) is 0 Å². The highest BCUT2D eigenvalue weighted by Crippen LogP contribution is 2.22. The zero-order chi connectivity index (χ0) is 24.3. The number of anilines is 1. The van der Waals surface area contributed by atoms with Crippen LogP contribution in [0.25, 0.3) is 5.65 Å². The number of imidazole rings is 1. The molecule has 0 bridgehead atoms. The van der Waals surface area contributed by atoms with E-state index in [4.69, 9.17) is 4.74 Å². The van der Waals surface area contributed by atoms with Gasteiger partial charge in [-0.1, -0.05) is 18.2 Å². The monoisotopic (exact) mass is 478 g/mol. The molecular formula is C25H26N4O4S. The van der Waals surface area contributed by atoms with E-state index in [1.807, 2.05) is 35.9 Å². The summed E-state index contributed by atoms with van der Waals surface area (Å²) in [6.45, 7) is 5.71. The van der Waals surface area contributed by atoms with Crippen molar-refractivity contribution in [1.82, 2.24) is 14.1 Å². The van der Waals surface area contributed by atoms with Gasteiger partial charge >= 0.3 is 0 Å². The molecule has 0 aliphatic heterocycles. The number of hydrogen-bond donors (Lipinski definition) is 2. The average Bonchev–Trinajstić information content (AvgIpc) is 3.22. The van der Waals surface area contributed by atoms with Crippen LogP contribution in [-0.4, -0.2) is 29.8 Å². The van der Waals surface area contributed by atoms with Gasteiger partial charge in [-0.2, -0.15) is 0 Å². The number of amides is 1. The van der Waals surface area contributed by atoms with Crippen LogP contribution in [0, 0.1) is 6.92 Å². The fourth-order valence-corrected chi connectivity index (χ4v) is 4.75. The molecule has 0 saturated heterocycles. The summed E-state index contributed by atoms with van der Waals surface area (Å²) in [6, 6.07) is 16.7. The number of nitrogens with one attached hydrogen (secondary N) is 2. The van der Waals surface area contributed by atoms with Crippen LogP contribution >= 0.6 is 0 Å². The third kappa shape index (κ3) is 5.27. The molecule has 2 aromatic carbocycles. The van der Waals surface area contributed by atoms with Gasteiger partial charge in [0.05, 0.1) is 16.2 Å². The highest BCUT2D eigenvalue weighted by Gasteiger charge is 2.17. The molecular weight excluding hydrogens is 452 g/mol. The van der Waals surface area contributed by atoms with Crippen molar-refractivity contribution in [3.8, 4) is 5.75 Å². The van der Waals surface area contributed by atoms with E-state index < -0.39 is 10.0 Å². The van der Waals surface area contributed by atoms with Crippen LogP contribution in [0.2, 0.25) is 0 Å². The first-order valence-electron chi connectivity index (χ1n) is 10.8. The first kappa shape index (κ1) is 23.5. The molecule has 0 saturated carbocycles. The summed E-state index contributed by atoms with van der Waals surface area (Å²) in [5.74, 6) is 0.0615. The third-order valence-electron chi connectivity index (χ3n) is 5.05. The van der Waals surface area contributed by atoms with E-state index in [9.17, 15) is 13.2 Å². The fourth-order valence-electron chi connectivity index (χ4n) is 3.50. The zero-order valence-corrected chi connectivity index (χ0v) is 20.0. The van der Waals surface area contributed by atoms with Crippen LogP contribution < -0.4 is 14.8 Å². The van der Waals surface area contributed by atoms with Gasteiger partial charge in [-0.25, -0.2) is 18.1 Å². The van der Waals surface area contributed by atoms with Crippen molar-refractivity contribution in [1.29, 1.82) is 0 Å². The van der Waals surface area contributed by atoms with Crippen LogP contribution in [0.4, 0.5) is 5.69 Å². The fraction of sp³-hybridized carbons (Fsp3) is 0.200. The van der Waals surface area contributed by atoms with Crippen LogP contribution in [0.15, 0.2) is 78.0 Å².